The molecule has 3 heteroatoms. The van der Waals surface area contributed by atoms with Crippen molar-refractivity contribution in [1.82, 2.24) is 5.32 Å². The molecule has 0 aliphatic heterocycles. The standard InChI is InChI=1S/C13H20N2O/c1-9(2)10(3)15-13(16)12(14)11-7-5-4-6-8-11/h4-10,12H,14H2,1-3H3,(H,15,16)/t10?,12-/m1/s1. The number of carbonyl (C=O) groups is 1. The Kier molecular flexibility index (Phi) is 4.50. The summed E-state index contributed by atoms with van der Waals surface area (Å²) in [5.74, 6) is 0.291. The molecule has 0 spiro atoms. The third-order valence-electron chi connectivity index (χ3n) is 2.81. The molecule has 0 saturated heterocycles. The molecule has 0 bridgehead atoms. The van der Waals surface area contributed by atoms with Crippen molar-refractivity contribution in [2.45, 2.75) is 32.9 Å². The second-order valence-corrected chi connectivity index (χ2v) is 4.43. The molecule has 88 valence electrons. The van der Waals surface area contributed by atoms with Crippen LogP contribution in [0.2, 0.25) is 0 Å². The number of benzene rings is 1. The SMILES string of the molecule is CC(C)C(C)NC(=O)[C@H](N)c1ccccc1. The summed E-state index contributed by atoms with van der Waals surface area (Å²) in [5, 5.41) is 2.91. The Labute approximate surface area is 97.0 Å². The van der Waals surface area contributed by atoms with Crippen LogP contribution in [0.5, 0.6) is 0 Å². The van der Waals surface area contributed by atoms with E-state index in [1.54, 1.807) is 0 Å². The van der Waals surface area contributed by atoms with Crippen LogP contribution in [0, 0.1) is 5.92 Å². The van der Waals surface area contributed by atoms with Crippen molar-refractivity contribution >= 4 is 5.91 Å². The molecule has 0 radical (unpaired) electrons. The van der Waals surface area contributed by atoms with Crippen molar-refractivity contribution in [3.05, 3.63) is 35.9 Å². The Morgan fingerprint density at radius 3 is 2.25 bits per heavy atom. The lowest BCUT2D eigenvalue weighted by Crippen LogP contribution is -2.41. The zero-order chi connectivity index (χ0) is 12.1. The summed E-state index contributed by atoms with van der Waals surface area (Å²) in [6.45, 7) is 6.12. The van der Waals surface area contributed by atoms with E-state index in [1.807, 2.05) is 37.3 Å². The molecule has 0 saturated carbocycles. The summed E-state index contributed by atoms with van der Waals surface area (Å²) in [6.07, 6.45) is 0. The van der Waals surface area contributed by atoms with Gasteiger partial charge in [0, 0.05) is 6.04 Å². The first kappa shape index (κ1) is 12.7. The number of rotatable bonds is 4. The van der Waals surface area contributed by atoms with Crippen molar-refractivity contribution in [3.8, 4) is 0 Å². The van der Waals surface area contributed by atoms with E-state index in [0.717, 1.165) is 5.56 Å². The van der Waals surface area contributed by atoms with Crippen LogP contribution >= 0.6 is 0 Å². The monoisotopic (exact) mass is 220 g/mol. The van der Waals surface area contributed by atoms with E-state index in [1.165, 1.54) is 0 Å². The van der Waals surface area contributed by atoms with E-state index in [2.05, 4.69) is 19.2 Å². The molecule has 3 nitrogen and oxygen atoms in total. The van der Waals surface area contributed by atoms with Crippen LogP contribution in [-0.4, -0.2) is 11.9 Å². The van der Waals surface area contributed by atoms with Crippen LogP contribution < -0.4 is 11.1 Å². The van der Waals surface area contributed by atoms with E-state index in [4.69, 9.17) is 5.73 Å². The van der Waals surface area contributed by atoms with Gasteiger partial charge >= 0.3 is 0 Å². The number of nitrogens with two attached hydrogens (primary N) is 1. The second-order valence-electron chi connectivity index (χ2n) is 4.43. The van der Waals surface area contributed by atoms with Crippen molar-refractivity contribution in [2.75, 3.05) is 0 Å². The molecule has 1 rings (SSSR count). The van der Waals surface area contributed by atoms with Gasteiger partial charge < -0.3 is 11.1 Å². The van der Waals surface area contributed by atoms with Gasteiger partial charge in [-0.25, -0.2) is 0 Å². The lowest BCUT2D eigenvalue weighted by molar-refractivity contribution is -0.123. The largest absolute Gasteiger partial charge is 0.352 e. The highest BCUT2D eigenvalue weighted by Crippen LogP contribution is 2.10. The topological polar surface area (TPSA) is 55.1 Å². The highest BCUT2D eigenvalue weighted by atomic mass is 16.2. The minimum atomic E-state index is -0.581. The van der Waals surface area contributed by atoms with Gasteiger partial charge in [0.15, 0.2) is 0 Å². The predicted molar refractivity (Wildman–Crippen MR) is 65.8 cm³/mol. The minimum absolute atomic E-state index is 0.118. The number of hydrogen-bond acceptors (Lipinski definition) is 2. The molecule has 1 aromatic carbocycles. The molecule has 0 heterocycles. The molecule has 0 aliphatic rings. The quantitative estimate of drug-likeness (QED) is 0.813. The van der Waals surface area contributed by atoms with E-state index in [0.29, 0.717) is 5.92 Å². The second kappa shape index (κ2) is 5.66. The molecule has 1 unspecified atom stereocenters. The van der Waals surface area contributed by atoms with Crippen molar-refractivity contribution in [2.24, 2.45) is 11.7 Å². The fourth-order valence-electron chi connectivity index (χ4n) is 1.29. The fourth-order valence-corrected chi connectivity index (χ4v) is 1.29. The summed E-state index contributed by atoms with van der Waals surface area (Å²) in [7, 11) is 0. The van der Waals surface area contributed by atoms with Gasteiger partial charge in [0.2, 0.25) is 5.91 Å². The maximum Gasteiger partial charge on any atom is 0.241 e. The highest BCUT2D eigenvalue weighted by molar-refractivity contribution is 5.83. The maximum atomic E-state index is 11.8. The molecule has 0 fully saturated rings. The van der Waals surface area contributed by atoms with Crippen LogP contribution in [0.15, 0.2) is 30.3 Å². The Bertz CT molecular complexity index is 335. The van der Waals surface area contributed by atoms with Crippen molar-refractivity contribution in [3.63, 3.8) is 0 Å². The van der Waals surface area contributed by atoms with E-state index in [-0.39, 0.29) is 11.9 Å². The van der Waals surface area contributed by atoms with Crippen LogP contribution in [0.4, 0.5) is 0 Å². The fraction of sp³-hybridized carbons (Fsp3) is 0.462. The summed E-state index contributed by atoms with van der Waals surface area (Å²) in [5.41, 5.74) is 6.72. The summed E-state index contributed by atoms with van der Waals surface area (Å²) < 4.78 is 0. The molecular weight excluding hydrogens is 200 g/mol. The predicted octanol–water partition coefficient (Wildman–Crippen LogP) is 1.85. The van der Waals surface area contributed by atoms with Gasteiger partial charge in [0.25, 0.3) is 0 Å². The smallest absolute Gasteiger partial charge is 0.241 e. The van der Waals surface area contributed by atoms with Gasteiger partial charge in [0.1, 0.15) is 6.04 Å². The van der Waals surface area contributed by atoms with Crippen LogP contribution in [-0.2, 0) is 4.79 Å². The molecular formula is C13H20N2O. The number of nitrogens with one attached hydrogen (secondary N) is 1. The van der Waals surface area contributed by atoms with E-state index in [9.17, 15) is 4.79 Å². The average molecular weight is 220 g/mol. The third-order valence-corrected chi connectivity index (χ3v) is 2.81. The Morgan fingerprint density at radius 2 is 1.75 bits per heavy atom. The molecule has 0 aliphatic carbocycles. The van der Waals surface area contributed by atoms with E-state index < -0.39 is 6.04 Å². The van der Waals surface area contributed by atoms with Gasteiger partial charge in [0.05, 0.1) is 0 Å². The molecule has 1 amide bonds. The zero-order valence-electron chi connectivity index (χ0n) is 10.1. The van der Waals surface area contributed by atoms with Gasteiger partial charge in [-0.1, -0.05) is 44.2 Å². The zero-order valence-corrected chi connectivity index (χ0v) is 10.1. The number of hydrogen-bond donors (Lipinski definition) is 2. The Hall–Kier alpha value is -1.35. The van der Waals surface area contributed by atoms with Gasteiger partial charge in [-0.2, -0.15) is 0 Å². The van der Waals surface area contributed by atoms with Crippen LogP contribution in [0.1, 0.15) is 32.4 Å². The lowest BCUT2D eigenvalue weighted by atomic mass is 10.0. The summed E-state index contributed by atoms with van der Waals surface area (Å²) >= 11 is 0. The first-order chi connectivity index (χ1) is 7.52. The molecule has 3 N–H and O–H groups in total. The Morgan fingerprint density at radius 1 is 1.19 bits per heavy atom. The van der Waals surface area contributed by atoms with E-state index >= 15 is 0 Å². The van der Waals surface area contributed by atoms with Gasteiger partial charge in [-0.05, 0) is 18.4 Å². The molecule has 1 aromatic rings. The normalized spacial score (nSPS) is 14.6. The summed E-state index contributed by atoms with van der Waals surface area (Å²) in [6, 6.07) is 8.96. The highest BCUT2D eigenvalue weighted by Gasteiger charge is 2.18. The summed E-state index contributed by atoms with van der Waals surface area (Å²) in [4.78, 5) is 11.8. The lowest BCUT2D eigenvalue weighted by Gasteiger charge is -2.20. The Balaban J connectivity index is 2.62. The average Bonchev–Trinajstić information content (AvgIpc) is 2.28. The van der Waals surface area contributed by atoms with Gasteiger partial charge in [-0.15, -0.1) is 0 Å². The van der Waals surface area contributed by atoms with Crippen molar-refractivity contribution in [1.29, 1.82) is 0 Å². The first-order valence-electron chi connectivity index (χ1n) is 5.63. The number of amides is 1. The van der Waals surface area contributed by atoms with Gasteiger partial charge in [-0.3, -0.25) is 4.79 Å². The molecule has 16 heavy (non-hydrogen) atoms. The van der Waals surface area contributed by atoms with Crippen LogP contribution in [0.25, 0.3) is 0 Å². The first-order valence-corrected chi connectivity index (χ1v) is 5.63. The van der Waals surface area contributed by atoms with Crippen LogP contribution in [0.3, 0.4) is 0 Å². The van der Waals surface area contributed by atoms with Crippen molar-refractivity contribution < 1.29 is 4.79 Å². The molecule has 2 atom stereocenters. The minimum Gasteiger partial charge on any atom is -0.352 e. The molecule has 0 aromatic heterocycles. The third kappa shape index (κ3) is 3.35. The maximum absolute atomic E-state index is 11.8. The number of carbonyl (C=O) groups excluding carboxylic acids is 1.